The summed E-state index contributed by atoms with van der Waals surface area (Å²) in [6.45, 7) is 2.60. The van der Waals surface area contributed by atoms with Crippen molar-refractivity contribution in [1.82, 2.24) is 25.1 Å². The van der Waals surface area contributed by atoms with Crippen LogP contribution in [-0.2, 0) is 17.8 Å². The standard InChI is InChI=1S/C20H21F4N5O2/c1-12(2)27-17(30)7-16-14-10-29(28-15(14)5-6-25-16)9-13-3-4-18(26-8-13)31-11-20(23,24)19(21)22/h3-6,8,10,12,19H,7,9,11H2,1-2H3,(H,27,30). The second-order valence-electron chi connectivity index (χ2n) is 7.27. The number of hydrogen-bond acceptors (Lipinski definition) is 5. The van der Waals surface area contributed by atoms with E-state index in [1.54, 1.807) is 29.2 Å². The maximum Gasteiger partial charge on any atom is 0.340 e. The Kier molecular flexibility index (Phi) is 6.71. The average molecular weight is 439 g/mol. The molecule has 166 valence electrons. The van der Waals surface area contributed by atoms with E-state index in [-0.39, 0.29) is 24.2 Å². The quantitative estimate of drug-likeness (QED) is 0.518. The minimum atomic E-state index is -4.24. The number of aromatic nitrogens is 4. The predicted octanol–water partition coefficient (Wildman–Crippen LogP) is 3.22. The fourth-order valence-electron chi connectivity index (χ4n) is 2.81. The van der Waals surface area contributed by atoms with Gasteiger partial charge in [-0.15, -0.1) is 0 Å². The Morgan fingerprint density at radius 3 is 2.65 bits per heavy atom. The molecule has 0 atom stereocenters. The number of nitrogens with one attached hydrogen (secondary N) is 1. The SMILES string of the molecule is CC(C)NC(=O)Cc1nccc2nn(Cc3ccc(OCC(F)(F)C(F)F)nc3)cc12. The highest BCUT2D eigenvalue weighted by Gasteiger charge is 2.41. The molecular weight excluding hydrogens is 418 g/mol. The molecule has 0 unspecified atom stereocenters. The van der Waals surface area contributed by atoms with Gasteiger partial charge in [-0.3, -0.25) is 14.5 Å². The molecule has 0 spiro atoms. The van der Waals surface area contributed by atoms with Gasteiger partial charge >= 0.3 is 12.3 Å². The molecule has 1 N–H and O–H groups in total. The number of ether oxygens (including phenoxy) is 1. The Hall–Kier alpha value is -3.24. The van der Waals surface area contributed by atoms with E-state index in [9.17, 15) is 22.4 Å². The van der Waals surface area contributed by atoms with E-state index in [2.05, 4.69) is 25.1 Å². The lowest BCUT2D eigenvalue weighted by Crippen LogP contribution is -2.33. The second-order valence-corrected chi connectivity index (χ2v) is 7.27. The first-order valence-corrected chi connectivity index (χ1v) is 9.48. The Bertz CT molecular complexity index is 1040. The lowest BCUT2D eigenvalue weighted by atomic mass is 10.2. The third-order valence-electron chi connectivity index (χ3n) is 4.22. The highest BCUT2D eigenvalue weighted by atomic mass is 19.3. The van der Waals surface area contributed by atoms with Crippen LogP contribution in [0, 0.1) is 0 Å². The third-order valence-corrected chi connectivity index (χ3v) is 4.22. The van der Waals surface area contributed by atoms with Crippen LogP contribution in [0.1, 0.15) is 25.1 Å². The molecule has 0 radical (unpaired) electrons. The van der Waals surface area contributed by atoms with Crippen molar-refractivity contribution >= 4 is 16.8 Å². The lowest BCUT2D eigenvalue weighted by molar-refractivity contribution is -0.148. The van der Waals surface area contributed by atoms with E-state index >= 15 is 0 Å². The van der Waals surface area contributed by atoms with Gasteiger partial charge in [0.1, 0.15) is 0 Å². The van der Waals surface area contributed by atoms with Crippen LogP contribution in [0.25, 0.3) is 10.9 Å². The van der Waals surface area contributed by atoms with Gasteiger partial charge in [0.15, 0.2) is 6.61 Å². The lowest BCUT2D eigenvalue weighted by Gasteiger charge is -2.15. The molecular formula is C20H21F4N5O2. The van der Waals surface area contributed by atoms with Gasteiger partial charge in [0, 0.05) is 36.1 Å². The number of nitrogens with zero attached hydrogens (tertiary/aromatic N) is 4. The number of amides is 1. The van der Waals surface area contributed by atoms with Gasteiger partial charge < -0.3 is 10.1 Å². The van der Waals surface area contributed by atoms with Crippen LogP contribution in [0.15, 0.2) is 36.8 Å². The maximum atomic E-state index is 12.9. The summed E-state index contributed by atoms with van der Waals surface area (Å²) in [6.07, 6.45) is 1.04. The zero-order valence-corrected chi connectivity index (χ0v) is 16.9. The van der Waals surface area contributed by atoms with Crippen molar-refractivity contribution in [3.05, 3.63) is 48.0 Å². The number of halogens is 4. The molecule has 0 fully saturated rings. The summed E-state index contributed by atoms with van der Waals surface area (Å²) in [6, 6.07) is 4.65. The molecule has 3 heterocycles. The minimum absolute atomic E-state index is 0.0236. The maximum absolute atomic E-state index is 12.9. The first-order valence-electron chi connectivity index (χ1n) is 9.48. The Balaban J connectivity index is 1.68. The molecule has 0 aliphatic rings. The van der Waals surface area contributed by atoms with Crippen LogP contribution in [-0.4, -0.2) is 50.7 Å². The molecule has 0 saturated heterocycles. The van der Waals surface area contributed by atoms with Crippen LogP contribution < -0.4 is 10.1 Å². The summed E-state index contributed by atoms with van der Waals surface area (Å²) in [4.78, 5) is 20.2. The molecule has 3 rings (SSSR count). The third kappa shape index (κ3) is 5.89. The topological polar surface area (TPSA) is 81.9 Å². The Labute approximate surface area is 175 Å². The van der Waals surface area contributed by atoms with E-state index in [1.165, 1.54) is 12.3 Å². The van der Waals surface area contributed by atoms with Crippen molar-refractivity contribution in [3.63, 3.8) is 0 Å². The van der Waals surface area contributed by atoms with Crippen molar-refractivity contribution in [2.24, 2.45) is 0 Å². The van der Waals surface area contributed by atoms with E-state index in [0.717, 1.165) is 5.39 Å². The highest BCUT2D eigenvalue weighted by Crippen LogP contribution is 2.24. The molecule has 0 bridgehead atoms. The summed E-state index contributed by atoms with van der Waals surface area (Å²) >= 11 is 0. The second kappa shape index (κ2) is 9.27. The van der Waals surface area contributed by atoms with Gasteiger partial charge in [-0.1, -0.05) is 6.07 Å². The summed E-state index contributed by atoms with van der Waals surface area (Å²) in [5, 5.41) is 8.01. The number of alkyl halides is 4. The predicted molar refractivity (Wildman–Crippen MR) is 104 cm³/mol. The Morgan fingerprint density at radius 1 is 1.23 bits per heavy atom. The van der Waals surface area contributed by atoms with Crippen LogP contribution in [0.4, 0.5) is 17.6 Å². The summed E-state index contributed by atoms with van der Waals surface area (Å²) in [7, 11) is 0. The van der Waals surface area contributed by atoms with Gasteiger partial charge in [-0.2, -0.15) is 13.9 Å². The smallest absolute Gasteiger partial charge is 0.340 e. The highest BCUT2D eigenvalue weighted by molar-refractivity contribution is 5.86. The van der Waals surface area contributed by atoms with Gasteiger partial charge in [0.25, 0.3) is 0 Å². The number of pyridine rings is 2. The van der Waals surface area contributed by atoms with E-state index in [4.69, 9.17) is 0 Å². The molecule has 0 aromatic carbocycles. The first-order chi connectivity index (χ1) is 14.6. The van der Waals surface area contributed by atoms with Crippen LogP contribution >= 0.6 is 0 Å². The van der Waals surface area contributed by atoms with E-state index in [1.807, 2.05) is 13.8 Å². The van der Waals surface area contributed by atoms with Crippen molar-refractivity contribution in [2.45, 2.75) is 45.2 Å². The first kappa shape index (κ1) is 22.4. The number of fused-ring (bicyclic) bond motifs is 1. The fraction of sp³-hybridized carbons (Fsp3) is 0.400. The summed E-state index contributed by atoms with van der Waals surface area (Å²) < 4.78 is 56.5. The molecule has 1 amide bonds. The molecule has 3 aromatic rings. The molecule has 31 heavy (non-hydrogen) atoms. The normalized spacial score (nSPS) is 12.0. The summed E-state index contributed by atoms with van der Waals surface area (Å²) in [5.41, 5.74) is 1.96. The van der Waals surface area contributed by atoms with E-state index in [0.29, 0.717) is 23.3 Å². The van der Waals surface area contributed by atoms with Crippen molar-refractivity contribution in [2.75, 3.05) is 6.61 Å². The number of rotatable bonds is 9. The number of hydrogen-bond donors (Lipinski definition) is 1. The van der Waals surface area contributed by atoms with Crippen LogP contribution in [0.5, 0.6) is 5.88 Å². The largest absolute Gasteiger partial charge is 0.471 e. The zero-order chi connectivity index (χ0) is 22.6. The zero-order valence-electron chi connectivity index (χ0n) is 16.9. The molecule has 7 nitrogen and oxygen atoms in total. The molecule has 0 aliphatic carbocycles. The van der Waals surface area contributed by atoms with Gasteiger partial charge in [0.2, 0.25) is 11.8 Å². The van der Waals surface area contributed by atoms with Crippen LogP contribution in [0.3, 0.4) is 0 Å². The van der Waals surface area contributed by atoms with Gasteiger partial charge in [-0.05, 0) is 25.5 Å². The minimum Gasteiger partial charge on any atom is -0.471 e. The van der Waals surface area contributed by atoms with Crippen molar-refractivity contribution in [1.29, 1.82) is 0 Å². The number of carbonyl (C=O) groups is 1. The molecule has 0 saturated carbocycles. The monoisotopic (exact) mass is 439 g/mol. The van der Waals surface area contributed by atoms with Gasteiger partial charge in [0.05, 0.1) is 24.2 Å². The molecule has 3 aromatic heterocycles. The summed E-state index contributed by atoms with van der Waals surface area (Å²) in [5.74, 6) is -4.56. The molecule has 11 heteroatoms. The van der Waals surface area contributed by atoms with E-state index < -0.39 is 19.0 Å². The fourth-order valence-corrected chi connectivity index (χ4v) is 2.81. The Morgan fingerprint density at radius 2 is 2.00 bits per heavy atom. The van der Waals surface area contributed by atoms with Crippen LogP contribution in [0.2, 0.25) is 0 Å². The van der Waals surface area contributed by atoms with Gasteiger partial charge in [-0.25, -0.2) is 13.8 Å². The van der Waals surface area contributed by atoms with Crippen molar-refractivity contribution in [3.8, 4) is 5.88 Å². The number of carbonyl (C=O) groups excluding carboxylic acids is 1. The van der Waals surface area contributed by atoms with Crippen molar-refractivity contribution < 1.29 is 27.1 Å². The average Bonchev–Trinajstić information content (AvgIpc) is 3.10. The molecule has 0 aliphatic heterocycles.